The van der Waals surface area contributed by atoms with Gasteiger partial charge in [0.15, 0.2) is 0 Å². The van der Waals surface area contributed by atoms with E-state index < -0.39 is 36.4 Å². The van der Waals surface area contributed by atoms with Crippen LogP contribution in [0.4, 0.5) is 14.9 Å². The third-order valence-electron chi connectivity index (χ3n) is 12.1. The molecule has 3 amide bonds. The Balaban J connectivity index is 1.12. The van der Waals surface area contributed by atoms with E-state index in [4.69, 9.17) is 18.6 Å². The monoisotopic (exact) mass is 739 g/mol. The Kier molecular flexibility index (Phi) is 12.7. The van der Waals surface area contributed by atoms with Gasteiger partial charge in [-0.15, -0.1) is 0 Å². The zero-order valence-electron chi connectivity index (χ0n) is 31.8. The van der Waals surface area contributed by atoms with Gasteiger partial charge in [0.2, 0.25) is 17.6 Å². The third kappa shape index (κ3) is 9.72. The van der Waals surface area contributed by atoms with Gasteiger partial charge in [0, 0.05) is 30.6 Å². The molecule has 0 spiro atoms. The Hall–Kier alpha value is -3.67. The molecule has 0 bridgehead atoms. The van der Waals surface area contributed by atoms with Crippen LogP contribution in [0.2, 0.25) is 0 Å². The van der Waals surface area contributed by atoms with Crippen molar-refractivity contribution in [3.8, 4) is 0 Å². The Morgan fingerprint density at radius 3 is 2.32 bits per heavy atom. The van der Waals surface area contributed by atoms with Gasteiger partial charge in [-0.3, -0.25) is 9.59 Å². The van der Waals surface area contributed by atoms with Gasteiger partial charge >= 0.3 is 12.1 Å². The highest BCUT2D eigenvalue weighted by molar-refractivity contribution is 6.00. The molecule has 1 aliphatic heterocycles. The number of carbonyl (C=O) groups excluding carboxylic acids is 4. The number of alkyl halides is 1. The molecule has 3 aliphatic carbocycles. The van der Waals surface area contributed by atoms with Crippen LogP contribution in [0.5, 0.6) is 0 Å². The molecule has 4 fully saturated rings. The van der Waals surface area contributed by atoms with Crippen LogP contribution in [-0.4, -0.2) is 79.5 Å². The molecule has 4 aliphatic rings. The molecule has 12 heteroatoms. The molecule has 1 aromatic carbocycles. The summed E-state index contributed by atoms with van der Waals surface area (Å²) in [6, 6.07) is 5.63. The van der Waals surface area contributed by atoms with E-state index in [-0.39, 0.29) is 41.4 Å². The standard InChI is InChI=1S/C41H58FN3O8/c1-41(2,3)53-40(49)44-33(23-42)27-9-11-28(12-10-27)38(47)45-20-19-32(26-13-16-31(50-4)17-14-26)36(45)37(46)43-30-15-18-34-29(21-30)22-35(52-34)39(48)51-24-25-7-5-6-8-25/h15,18,21-22,25-28,31-33,36H,5-14,16-17,19-20,23-24H2,1-4H3,(H,43,46)(H,44,49)/t26?,27?,28?,31?,32-,33+,36+/m0/s1. The van der Waals surface area contributed by atoms with Crippen LogP contribution < -0.4 is 10.6 Å². The zero-order valence-corrected chi connectivity index (χ0v) is 31.8. The second-order valence-corrected chi connectivity index (χ2v) is 16.8. The lowest BCUT2D eigenvalue weighted by atomic mass is 9.75. The molecule has 6 rings (SSSR count). The normalized spacial score (nSPS) is 27.4. The number of nitrogens with zero attached hydrogens (tertiary/aromatic N) is 1. The molecule has 0 unspecified atom stereocenters. The van der Waals surface area contributed by atoms with E-state index in [2.05, 4.69) is 10.6 Å². The maximum absolute atomic E-state index is 14.3. The summed E-state index contributed by atoms with van der Waals surface area (Å²) in [7, 11) is 1.74. The van der Waals surface area contributed by atoms with Crippen molar-refractivity contribution in [2.24, 2.45) is 29.6 Å². The summed E-state index contributed by atoms with van der Waals surface area (Å²) in [6.07, 6.45) is 10.9. The summed E-state index contributed by atoms with van der Waals surface area (Å²) in [5, 5.41) is 6.48. The second-order valence-electron chi connectivity index (χ2n) is 16.8. The number of furan rings is 1. The van der Waals surface area contributed by atoms with Crippen LogP contribution in [-0.2, 0) is 23.8 Å². The Bertz CT molecular complexity index is 1580. The number of alkyl carbamates (subject to hydrolysis) is 1. The highest BCUT2D eigenvalue weighted by Gasteiger charge is 2.47. The number of nitrogens with one attached hydrogen (secondary N) is 2. The Labute approximate surface area is 312 Å². The number of hydrogen-bond donors (Lipinski definition) is 2. The van der Waals surface area contributed by atoms with Crippen molar-refractivity contribution in [1.82, 2.24) is 10.2 Å². The van der Waals surface area contributed by atoms with E-state index in [9.17, 15) is 23.6 Å². The van der Waals surface area contributed by atoms with Crippen LogP contribution in [0.1, 0.15) is 115 Å². The molecule has 2 N–H and O–H groups in total. The molecular formula is C41H58FN3O8. The van der Waals surface area contributed by atoms with Gasteiger partial charge in [-0.1, -0.05) is 12.8 Å². The minimum absolute atomic E-state index is 0.0148. The molecule has 3 atom stereocenters. The lowest BCUT2D eigenvalue weighted by molar-refractivity contribution is -0.142. The maximum atomic E-state index is 14.3. The molecular weight excluding hydrogens is 681 g/mol. The number of hydrogen-bond acceptors (Lipinski definition) is 8. The van der Waals surface area contributed by atoms with Crippen molar-refractivity contribution in [2.45, 2.75) is 128 Å². The van der Waals surface area contributed by atoms with Crippen LogP contribution in [0.15, 0.2) is 28.7 Å². The van der Waals surface area contributed by atoms with Crippen molar-refractivity contribution >= 4 is 40.5 Å². The summed E-state index contributed by atoms with van der Waals surface area (Å²) in [4.78, 5) is 55.5. The van der Waals surface area contributed by atoms with Gasteiger partial charge in [-0.05, 0) is 139 Å². The molecule has 11 nitrogen and oxygen atoms in total. The first kappa shape index (κ1) is 39.0. The Morgan fingerprint density at radius 2 is 1.66 bits per heavy atom. The van der Waals surface area contributed by atoms with E-state index in [1.165, 1.54) is 12.8 Å². The minimum Gasteiger partial charge on any atom is -0.460 e. The number of likely N-dealkylation sites (tertiary alicyclic amines) is 1. The van der Waals surface area contributed by atoms with Crippen LogP contribution in [0.3, 0.4) is 0 Å². The predicted octanol–water partition coefficient (Wildman–Crippen LogP) is 7.81. The molecule has 292 valence electrons. The van der Waals surface area contributed by atoms with Crippen molar-refractivity contribution in [3.63, 3.8) is 0 Å². The molecule has 0 radical (unpaired) electrons. The number of anilines is 1. The Morgan fingerprint density at radius 1 is 0.943 bits per heavy atom. The minimum atomic E-state index is -0.708. The number of carbonyl (C=O) groups is 4. The largest absolute Gasteiger partial charge is 0.460 e. The summed E-state index contributed by atoms with van der Waals surface area (Å²) in [5.74, 6) is -0.271. The fraction of sp³-hybridized carbons (Fsp3) is 0.707. The average Bonchev–Trinajstić information content (AvgIpc) is 3.92. The summed E-state index contributed by atoms with van der Waals surface area (Å²) in [6.45, 7) is 5.49. The number of ether oxygens (including phenoxy) is 3. The van der Waals surface area contributed by atoms with Crippen molar-refractivity contribution in [2.75, 3.05) is 32.3 Å². The predicted molar refractivity (Wildman–Crippen MR) is 198 cm³/mol. The number of halogens is 1. The number of amides is 3. The maximum Gasteiger partial charge on any atom is 0.407 e. The third-order valence-corrected chi connectivity index (χ3v) is 12.1. The molecule has 2 heterocycles. The SMILES string of the molecule is COC1CCC([C@@H]2CCN(C(=O)C3CCC([C@@H](CF)NC(=O)OC(C)(C)C)CC3)[C@H]2C(=O)Nc2ccc3oc(C(=O)OCC4CCCC4)cc3c2)CC1. The molecule has 3 saturated carbocycles. The molecule has 1 saturated heterocycles. The molecule has 53 heavy (non-hydrogen) atoms. The summed E-state index contributed by atoms with van der Waals surface area (Å²) >= 11 is 0. The topological polar surface area (TPSA) is 136 Å². The number of methoxy groups -OCH3 is 1. The van der Waals surface area contributed by atoms with Crippen LogP contribution >= 0.6 is 0 Å². The van der Waals surface area contributed by atoms with Crippen molar-refractivity contribution < 1.29 is 42.2 Å². The van der Waals surface area contributed by atoms with Gasteiger partial charge in [0.05, 0.1) is 18.8 Å². The first-order chi connectivity index (χ1) is 25.4. The molecule has 2 aromatic rings. The van der Waals surface area contributed by atoms with E-state index in [1.807, 2.05) is 0 Å². The van der Waals surface area contributed by atoms with Gasteiger partial charge in [0.1, 0.15) is 23.9 Å². The number of rotatable bonds is 11. The van der Waals surface area contributed by atoms with Crippen LogP contribution in [0, 0.1) is 29.6 Å². The van der Waals surface area contributed by atoms with Gasteiger partial charge in [-0.25, -0.2) is 14.0 Å². The van der Waals surface area contributed by atoms with Crippen molar-refractivity contribution in [1.29, 1.82) is 0 Å². The van der Waals surface area contributed by atoms with E-state index in [0.717, 1.165) is 44.9 Å². The van der Waals surface area contributed by atoms with E-state index >= 15 is 0 Å². The first-order valence-electron chi connectivity index (χ1n) is 19.8. The lowest BCUT2D eigenvalue weighted by Gasteiger charge is -2.38. The number of esters is 1. The molecule has 1 aromatic heterocycles. The van der Waals surface area contributed by atoms with E-state index in [1.54, 1.807) is 57.0 Å². The number of fused-ring (bicyclic) bond motifs is 1. The smallest absolute Gasteiger partial charge is 0.407 e. The summed E-state index contributed by atoms with van der Waals surface area (Å²) in [5.41, 5.74) is 0.395. The fourth-order valence-electron chi connectivity index (χ4n) is 9.27. The van der Waals surface area contributed by atoms with Gasteiger partial charge < -0.3 is 34.2 Å². The second kappa shape index (κ2) is 17.2. The van der Waals surface area contributed by atoms with Gasteiger partial charge in [-0.2, -0.15) is 0 Å². The average molecular weight is 740 g/mol. The fourth-order valence-corrected chi connectivity index (χ4v) is 9.27. The van der Waals surface area contributed by atoms with Gasteiger partial charge in [0.25, 0.3) is 0 Å². The first-order valence-corrected chi connectivity index (χ1v) is 19.8. The highest BCUT2D eigenvalue weighted by Crippen LogP contribution is 2.42. The zero-order chi connectivity index (χ0) is 37.7. The quantitative estimate of drug-likeness (QED) is 0.223. The lowest BCUT2D eigenvalue weighted by Crippen LogP contribution is -2.50. The van der Waals surface area contributed by atoms with Crippen molar-refractivity contribution in [3.05, 3.63) is 30.0 Å². The highest BCUT2D eigenvalue weighted by atomic mass is 19.1. The van der Waals surface area contributed by atoms with Crippen LogP contribution in [0.25, 0.3) is 11.0 Å². The number of benzene rings is 1. The summed E-state index contributed by atoms with van der Waals surface area (Å²) < 4.78 is 36.4. The van der Waals surface area contributed by atoms with E-state index in [0.29, 0.717) is 67.3 Å².